The van der Waals surface area contributed by atoms with Crippen LogP contribution >= 0.6 is 21.6 Å². The van der Waals surface area contributed by atoms with E-state index in [4.69, 9.17) is 9.47 Å². The molecule has 1 unspecified atom stereocenters. The maximum Gasteiger partial charge on any atom is 0.407 e. The molecule has 6 heteroatoms. The Hall–Kier alpha value is -0.510. The zero-order chi connectivity index (χ0) is 16.8. The van der Waals surface area contributed by atoms with Crippen LogP contribution in [0.15, 0.2) is 0 Å². The summed E-state index contributed by atoms with van der Waals surface area (Å²) in [6.07, 6.45) is 0.765. The molecule has 0 fully saturated rings. The Balaban J connectivity index is 3.47. The van der Waals surface area contributed by atoms with Gasteiger partial charge in [0.2, 0.25) is 0 Å². The quantitative estimate of drug-likeness (QED) is 0.278. The average molecular weight is 348 g/mol. The van der Waals surface area contributed by atoms with Crippen molar-refractivity contribution >= 4 is 27.7 Å². The molecular weight excluding hydrogens is 318 g/mol. The minimum Gasteiger partial charge on any atom is -0.447 e. The number of hydrogen-bond acceptors (Lipinski definition) is 5. The van der Waals surface area contributed by atoms with Crippen LogP contribution in [0.3, 0.4) is 0 Å². The van der Waals surface area contributed by atoms with Crippen molar-refractivity contribution < 1.29 is 14.3 Å². The largest absolute Gasteiger partial charge is 0.447 e. The van der Waals surface area contributed by atoms with E-state index < -0.39 is 6.09 Å². The van der Waals surface area contributed by atoms with Crippen LogP contribution in [-0.4, -0.2) is 37.0 Å². The number of carbonyl (C=O) groups excluding carboxylic acids is 1. The third-order valence-electron chi connectivity index (χ3n) is 2.36. The maximum absolute atomic E-state index is 11.3. The molecule has 0 radical (unpaired) electrons. The van der Waals surface area contributed by atoms with E-state index in [1.807, 2.05) is 31.6 Å². The number of carbonyl (C=O) groups is 1. The highest BCUT2D eigenvalue weighted by atomic mass is 33.1. The second-order valence-corrected chi connectivity index (χ2v) is 8.29. The van der Waals surface area contributed by atoms with Gasteiger partial charge in [0.25, 0.3) is 0 Å². The first-order valence-electron chi connectivity index (χ1n) is 7.70. The molecule has 4 nitrogen and oxygen atoms in total. The first-order valence-corrected chi connectivity index (χ1v) is 10.1. The molecule has 0 saturated carbocycles. The summed E-state index contributed by atoms with van der Waals surface area (Å²) in [6.45, 7) is 11.4. The highest BCUT2D eigenvalue weighted by molar-refractivity contribution is 8.76. The van der Waals surface area contributed by atoms with Crippen LogP contribution in [0, 0.1) is 23.7 Å². The highest BCUT2D eigenvalue weighted by Gasteiger charge is 2.05. The predicted molar refractivity (Wildman–Crippen MR) is 96.9 cm³/mol. The Bertz CT molecular complexity index is 351. The lowest BCUT2D eigenvalue weighted by Gasteiger charge is -2.12. The van der Waals surface area contributed by atoms with E-state index in [-0.39, 0.29) is 12.0 Å². The fourth-order valence-corrected chi connectivity index (χ4v) is 3.55. The Morgan fingerprint density at radius 3 is 2.55 bits per heavy atom. The fraction of sp³-hybridized carbons (Fsp3) is 0.812. The van der Waals surface area contributed by atoms with Gasteiger partial charge in [-0.1, -0.05) is 61.1 Å². The SMILES string of the molecule is CC(C)C#CCNC(=O)OCCOC(C)SSCCC(C)C. The van der Waals surface area contributed by atoms with Crippen LogP contribution in [0.4, 0.5) is 4.79 Å². The summed E-state index contributed by atoms with van der Waals surface area (Å²) in [5, 5.41) is 2.58. The molecule has 0 aliphatic carbocycles. The summed E-state index contributed by atoms with van der Waals surface area (Å²) >= 11 is 0. The molecule has 0 aromatic carbocycles. The van der Waals surface area contributed by atoms with E-state index in [1.54, 1.807) is 10.8 Å². The van der Waals surface area contributed by atoms with Crippen molar-refractivity contribution in [1.82, 2.24) is 5.32 Å². The van der Waals surface area contributed by atoms with Crippen molar-refractivity contribution in [2.45, 2.75) is 46.5 Å². The molecule has 0 aliphatic heterocycles. The summed E-state index contributed by atoms with van der Waals surface area (Å²) in [7, 11) is 3.54. The van der Waals surface area contributed by atoms with Gasteiger partial charge in [0, 0.05) is 11.7 Å². The predicted octanol–water partition coefficient (Wildman–Crippen LogP) is 4.16. The second kappa shape index (κ2) is 14.1. The molecule has 0 heterocycles. The molecule has 1 N–H and O–H groups in total. The van der Waals surface area contributed by atoms with Gasteiger partial charge in [-0.05, 0) is 19.3 Å². The smallest absolute Gasteiger partial charge is 0.407 e. The second-order valence-electron chi connectivity index (χ2n) is 5.50. The minimum atomic E-state index is -0.451. The molecule has 1 atom stereocenters. The number of hydrogen-bond donors (Lipinski definition) is 1. The van der Waals surface area contributed by atoms with Crippen molar-refractivity contribution in [3.05, 3.63) is 0 Å². The first kappa shape index (κ1) is 21.5. The van der Waals surface area contributed by atoms with E-state index in [0.29, 0.717) is 19.1 Å². The van der Waals surface area contributed by atoms with Gasteiger partial charge in [-0.15, -0.1) is 0 Å². The zero-order valence-corrected chi connectivity index (χ0v) is 15.9. The molecule has 0 aromatic heterocycles. The van der Waals surface area contributed by atoms with Gasteiger partial charge in [-0.25, -0.2) is 4.79 Å². The number of alkyl carbamates (subject to hydrolysis) is 1. The van der Waals surface area contributed by atoms with Crippen LogP contribution in [0.2, 0.25) is 0 Å². The third kappa shape index (κ3) is 15.9. The molecule has 0 saturated heterocycles. The number of nitrogens with one attached hydrogen (secondary N) is 1. The standard InChI is InChI=1S/C16H29NO3S2/c1-13(2)7-6-9-17-16(18)20-11-10-19-15(5)22-21-12-8-14(3)4/h13-15H,8-12H2,1-5H3,(H,17,18). The van der Waals surface area contributed by atoms with Gasteiger partial charge in [-0.3, -0.25) is 0 Å². The fourth-order valence-electron chi connectivity index (χ4n) is 1.23. The van der Waals surface area contributed by atoms with Gasteiger partial charge in [-0.2, -0.15) is 0 Å². The van der Waals surface area contributed by atoms with Crippen LogP contribution in [0.25, 0.3) is 0 Å². The normalized spacial score (nSPS) is 12.0. The van der Waals surface area contributed by atoms with E-state index in [1.165, 1.54) is 6.42 Å². The van der Waals surface area contributed by atoms with Crippen molar-refractivity contribution in [3.8, 4) is 11.8 Å². The Morgan fingerprint density at radius 1 is 1.18 bits per heavy atom. The van der Waals surface area contributed by atoms with Crippen molar-refractivity contribution in [1.29, 1.82) is 0 Å². The summed E-state index contributed by atoms with van der Waals surface area (Å²) in [5.74, 6) is 8.00. The lowest BCUT2D eigenvalue weighted by molar-refractivity contribution is 0.0677. The van der Waals surface area contributed by atoms with Gasteiger partial charge in [0.1, 0.15) is 12.0 Å². The Morgan fingerprint density at radius 2 is 1.91 bits per heavy atom. The van der Waals surface area contributed by atoms with Crippen molar-refractivity contribution in [3.63, 3.8) is 0 Å². The first-order chi connectivity index (χ1) is 10.4. The molecule has 1 amide bonds. The van der Waals surface area contributed by atoms with Gasteiger partial charge in [0.15, 0.2) is 0 Å². The van der Waals surface area contributed by atoms with Gasteiger partial charge < -0.3 is 14.8 Å². The minimum absolute atomic E-state index is 0.0979. The van der Waals surface area contributed by atoms with Crippen molar-refractivity contribution in [2.75, 3.05) is 25.5 Å². The number of amides is 1. The van der Waals surface area contributed by atoms with Crippen LogP contribution in [0.5, 0.6) is 0 Å². The molecule has 0 aliphatic rings. The van der Waals surface area contributed by atoms with Crippen LogP contribution in [0.1, 0.15) is 41.0 Å². The summed E-state index contributed by atoms with van der Waals surface area (Å²) in [5.41, 5.74) is 0.0979. The average Bonchev–Trinajstić information content (AvgIpc) is 2.44. The lowest BCUT2D eigenvalue weighted by atomic mass is 10.2. The lowest BCUT2D eigenvalue weighted by Crippen LogP contribution is -2.26. The molecule has 0 aromatic rings. The Kier molecular flexibility index (Phi) is 13.8. The highest BCUT2D eigenvalue weighted by Crippen LogP contribution is 2.28. The van der Waals surface area contributed by atoms with Crippen molar-refractivity contribution in [2.24, 2.45) is 11.8 Å². The van der Waals surface area contributed by atoms with Crippen LogP contribution < -0.4 is 5.32 Å². The van der Waals surface area contributed by atoms with Crippen LogP contribution in [-0.2, 0) is 9.47 Å². The Labute approximate surface area is 143 Å². The van der Waals surface area contributed by atoms with Gasteiger partial charge >= 0.3 is 6.09 Å². The molecule has 0 rings (SSSR count). The number of rotatable bonds is 10. The van der Waals surface area contributed by atoms with E-state index >= 15 is 0 Å². The van der Waals surface area contributed by atoms with E-state index in [2.05, 4.69) is 31.0 Å². The maximum atomic E-state index is 11.3. The third-order valence-corrected chi connectivity index (χ3v) is 5.03. The topological polar surface area (TPSA) is 47.6 Å². The number of ether oxygens (including phenoxy) is 2. The van der Waals surface area contributed by atoms with Gasteiger partial charge in [0.05, 0.1) is 13.2 Å². The molecule has 0 bridgehead atoms. The molecular formula is C16H29NO3S2. The monoisotopic (exact) mass is 347 g/mol. The molecule has 22 heavy (non-hydrogen) atoms. The summed E-state index contributed by atoms with van der Waals surface area (Å²) in [6, 6.07) is 0. The summed E-state index contributed by atoms with van der Waals surface area (Å²) in [4.78, 5) is 11.3. The summed E-state index contributed by atoms with van der Waals surface area (Å²) < 4.78 is 10.6. The molecule has 0 spiro atoms. The van der Waals surface area contributed by atoms with E-state index in [0.717, 1.165) is 11.7 Å². The molecule has 128 valence electrons. The van der Waals surface area contributed by atoms with E-state index in [9.17, 15) is 4.79 Å². The zero-order valence-electron chi connectivity index (χ0n) is 14.3.